The third kappa shape index (κ3) is 4.86. The molecular formula is C21H17BrClNO4S. The van der Waals surface area contributed by atoms with E-state index < -0.39 is 0 Å². The number of amides is 2. The summed E-state index contributed by atoms with van der Waals surface area (Å²) in [4.78, 5) is 26.7. The van der Waals surface area contributed by atoms with Crippen LogP contribution in [0, 0.1) is 0 Å². The third-order valence-corrected chi connectivity index (χ3v) is 5.92. The van der Waals surface area contributed by atoms with E-state index in [9.17, 15) is 9.59 Å². The smallest absolute Gasteiger partial charge is 0.293 e. The monoisotopic (exact) mass is 493 g/mol. The summed E-state index contributed by atoms with van der Waals surface area (Å²) in [6.07, 6.45) is 3.29. The maximum atomic E-state index is 12.8. The molecule has 150 valence electrons. The number of imide groups is 1. The summed E-state index contributed by atoms with van der Waals surface area (Å²) in [6, 6.07) is 10.7. The number of thioether (sulfide) groups is 1. The Kier molecular flexibility index (Phi) is 7.05. The molecule has 0 atom stereocenters. The van der Waals surface area contributed by atoms with Crippen molar-refractivity contribution in [1.29, 1.82) is 0 Å². The van der Waals surface area contributed by atoms with Crippen molar-refractivity contribution in [3.8, 4) is 11.5 Å². The molecule has 8 heteroatoms. The SMILES string of the molecule is C=CCOc1c(Br)cc(/C=C2\SC(=O)N(Cc3ccccc3Cl)C2=O)cc1OC. The molecule has 0 unspecified atom stereocenters. The molecule has 5 nitrogen and oxygen atoms in total. The van der Waals surface area contributed by atoms with E-state index in [1.54, 1.807) is 42.5 Å². The Morgan fingerprint density at radius 1 is 1.28 bits per heavy atom. The highest BCUT2D eigenvalue weighted by atomic mass is 79.9. The number of benzene rings is 2. The molecule has 0 N–H and O–H groups in total. The molecule has 2 amide bonds. The lowest BCUT2D eigenvalue weighted by Crippen LogP contribution is -2.27. The van der Waals surface area contributed by atoms with E-state index in [-0.39, 0.29) is 17.7 Å². The van der Waals surface area contributed by atoms with Crippen LogP contribution in [0.2, 0.25) is 5.02 Å². The summed E-state index contributed by atoms with van der Waals surface area (Å²) in [7, 11) is 1.53. The van der Waals surface area contributed by atoms with Crippen LogP contribution in [0.3, 0.4) is 0 Å². The fourth-order valence-electron chi connectivity index (χ4n) is 2.69. The normalized spacial score (nSPS) is 15.1. The number of halogens is 2. The van der Waals surface area contributed by atoms with E-state index in [1.807, 2.05) is 6.07 Å². The van der Waals surface area contributed by atoms with E-state index in [1.165, 1.54) is 12.0 Å². The van der Waals surface area contributed by atoms with Gasteiger partial charge >= 0.3 is 0 Å². The molecule has 3 rings (SSSR count). The van der Waals surface area contributed by atoms with E-state index in [4.69, 9.17) is 21.1 Å². The van der Waals surface area contributed by atoms with Crippen molar-refractivity contribution in [2.45, 2.75) is 6.54 Å². The van der Waals surface area contributed by atoms with Crippen LogP contribution in [0.5, 0.6) is 11.5 Å². The summed E-state index contributed by atoms with van der Waals surface area (Å²) in [6.45, 7) is 4.09. The van der Waals surface area contributed by atoms with Crippen LogP contribution in [-0.4, -0.2) is 29.8 Å². The molecule has 2 aromatic carbocycles. The Morgan fingerprint density at radius 2 is 2.03 bits per heavy atom. The van der Waals surface area contributed by atoms with Crippen molar-refractivity contribution >= 4 is 56.5 Å². The second kappa shape index (κ2) is 9.52. The van der Waals surface area contributed by atoms with Crippen LogP contribution in [0.4, 0.5) is 4.79 Å². The number of ether oxygens (including phenoxy) is 2. The van der Waals surface area contributed by atoms with Gasteiger partial charge in [-0.05, 0) is 63.1 Å². The van der Waals surface area contributed by atoms with Crippen molar-refractivity contribution in [2.75, 3.05) is 13.7 Å². The molecule has 0 aliphatic carbocycles. The van der Waals surface area contributed by atoms with Crippen molar-refractivity contribution in [1.82, 2.24) is 4.90 Å². The van der Waals surface area contributed by atoms with Gasteiger partial charge < -0.3 is 9.47 Å². The van der Waals surface area contributed by atoms with Gasteiger partial charge in [0.15, 0.2) is 11.5 Å². The molecule has 0 bridgehead atoms. The number of nitrogens with zero attached hydrogens (tertiary/aromatic N) is 1. The Bertz CT molecular complexity index is 1010. The Balaban J connectivity index is 1.86. The average Bonchev–Trinajstić information content (AvgIpc) is 2.95. The number of carbonyl (C=O) groups is 2. The first-order valence-electron chi connectivity index (χ1n) is 8.54. The first-order chi connectivity index (χ1) is 13.9. The Hall–Kier alpha value is -2.22. The zero-order valence-corrected chi connectivity index (χ0v) is 18.6. The standard InChI is InChI=1S/C21H17BrClNO4S/c1-3-8-28-19-15(22)9-13(10-17(19)27-2)11-18-20(25)24(21(26)29-18)12-14-6-4-5-7-16(14)23/h3-7,9-11H,1,8,12H2,2H3/b18-11-. The van der Waals surface area contributed by atoms with Gasteiger partial charge in [-0.2, -0.15) is 0 Å². The first-order valence-corrected chi connectivity index (χ1v) is 10.5. The van der Waals surface area contributed by atoms with Gasteiger partial charge in [-0.3, -0.25) is 14.5 Å². The highest BCUT2D eigenvalue weighted by Gasteiger charge is 2.35. The highest BCUT2D eigenvalue weighted by molar-refractivity contribution is 9.10. The second-order valence-electron chi connectivity index (χ2n) is 5.99. The quantitative estimate of drug-likeness (QED) is 0.354. The highest BCUT2D eigenvalue weighted by Crippen LogP contribution is 2.39. The Labute approximate surface area is 186 Å². The first kappa shape index (κ1) is 21.5. The van der Waals surface area contributed by atoms with Crippen molar-refractivity contribution < 1.29 is 19.1 Å². The van der Waals surface area contributed by atoms with Crippen LogP contribution in [0.25, 0.3) is 6.08 Å². The summed E-state index contributed by atoms with van der Waals surface area (Å²) in [5, 5.41) is 0.178. The molecule has 1 heterocycles. The molecule has 1 aliphatic rings. The lowest BCUT2D eigenvalue weighted by Gasteiger charge is -2.13. The molecule has 0 radical (unpaired) electrons. The minimum absolute atomic E-state index is 0.128. The van der Waals surface area contributed by atoms with Gasteiger partial charge in [0.1, 0.15) is 6.61 Å². The Morgan fingerprint density at radius 3 is 2.72 bits per heavy atom. The van der Waals surface area contributed by atoms with Crippen molar-refractivity contribution in [3.05, 3.63) is 74.6 Å². The van der Waals surface area contributed by atoms with Gasteiger partial charge in [0.25, 0.3) is 11.1 Å². The number of hydrogen-bond donors (Lipinski definition) is 0. The second-order valence-corrected chi connectivity index (χ2v) is 8.25. The van der Waals surface area contributed by atoms with E-state index in [0.29, 0.717) is 43.6 Å². The van der Waals surface area contributed by atoms with Crippen LogP contribution < -0.4 is 9.47 Å². The summed E-state index contributed by atoms with van der Waals surface area (Å²) in [5.74, 6) is 0.682. The molecule has 1 aliphatic heterocycles. The summed E-state index contributed by atoms with van der Waals surface area (Å²) < 4.78 is 11.7. The number of carbonyl (C=O) groups excluding carboxylic acids is 2. The lowest BCUT2D eigenvalue weighted by molar-refractivity contribution is -0.123. The lowest BCUT2D eigenvalue weighted by atomic mass is 10.1. The minimum Gasteiger partial charge on any atom is -0.493 e. The topological polar surface area (TPSA) is 55.8 Å². The van der Waals surface area contributed by atoms with Gasteiger partial charge in [-0.15, -0.1) is 0 Å². The predicted octanol–water partition coefficient (Wildman–Crippen LogP) is 5.91. The molecule has 1 saturated heterocycles. The largest absolute Gasteiger partial charge is 0.493 e. The predicted molar refractivity (Wildman–Crippen MR) is 119 cm³/mol. The van der Waals surface area contributed by atoms with Crippen molar-refractivity contribution in [2.24, 2.45) is 0 Å². The maximum absolute atomic E-state index is 12.8. The number of hydrogen-bond acceptors (Lipinski definition) is 5. The zero-order valence-electron chi connectivity index (χ0n) is 15.5. The van der Waals surface area contributed by atoms with Crippen LogP contribution in [-0.2, 0) is 11.3 Å². The van der Waals surface area contributed by atoms with Gasteiger partial charge in [0.2, 0.25) is 0 Å². The van der Waals surface area contributed by atoms with Crippen LogP contribution >= 0.6 is 39.3 Å². The molecular weight excluding hydrogens is 478 g/mol. The summed E-state index contributed by atoms with van der Waals surface area (Å²) in [5.41, 5.74) is 1.41. The maximum Gasteiger partial charge on any atom is 0.293 e. The van der Waals surface area contributed by atoms with E-state index >= 15 is 0 Å². The zero-order chi connectivity index (χ0) is 21.0. The molecule has 0 aromatic heterocycles. The van der Waals surface area contributed by atoms with Crippen molar-refractivity contribution in [3.63, 3.8) is 0 Å². The fourth-order valence-corrected chi connectivity index (χ4v) is 4.30. The third-order valence-electron chi connectivity index (χ3n) is 4.05. The molecule has 1 fully saturated rings. The fraction of sp³-hybridized carbons (Fsp3) is 0.143. The van der Waals surface area contributed by atoms with E-state index in [2.05, 4.69) is 22.5 Å². The molecule has 0 saturated carbocycles. The summed E-state index contributed by atoms with van der Waals surface area (Å²) >= 11 is 10.5. The van der Waals surface area contributed by atoms with Gasteiger partial charge in [0, 0.05) is 5.02 Å². The average molecular weight is 495 g/mol. The van der Waals surface area contributed by atoms with Gasteiger partial charge in [-0.1, -0.05) is 42.5 Å². The van der Waals surface area contributed by atoms with Crippen LogP contribution in [0.15, 0.2) is 58.4 Å². The number of methoxy groups -OCH3 is 1. The van der Waals surface area contributed by atoms with Crippen LogP contribution in [0.1, 0.15) is 11.1 Å². The number of rotatable bonds is 7. The molecule has 2 aromatic rings. The van der Waals surface area contributed by atoms with Gasteiger partial charge in [-0.25, -0.2) is 0 Å². The minimum atomic E-state index is -0.359. The van der Waals surface area contributed by atoms with E-state index in [0.717, 1.165) is 11.8 Å². The van der Waals surface area contributed by atoms with Gasteiger partial charge in [0.05, 0.1) is 23.0 Å². The molecule has 0 spiro atoms. The molecule has 29 heavy (non-hydrogen) atoms.